The zero-order chi connectivity index (χ0) is 13.9. The molecule has 0 bridgehead atoms. The smallest absolute Gasteiger partial charge is 0.223 e. The van der Waals surface area contributed by atoms with Crippen molar-refractivity contribution in [3.63, 3.8) is 0 Å². The molecule has 2 aliphatic rings. The Hall–Kier alpha value is -0.700. The summed E-state index contributed by atoms with van der Waals surface area (Å²) in [5, 5.41) is 5.02. The maximum atomic E-state index is 11.8. The molecule has 0 aromatic carbocycles. The van der Waals surface area contributed by atoms with Gasteiger partial charge in [0.05, 0.1) is 19.0 Å². The maximum Gasteiger partial charge on any atom is 0.223 e. The number of hydrogen-bond donors (Lipinski definition) is 1. The van der Waals surface area contributed by atoms with E-state index in [0.717, 1.165) is 32.8 Å². The standard InChI is InChI=1S/C11H21N3O4S/c12-19(16,17)9-10-7-11(15)14(8-10)2-1-13-3-5-18-6-4-13/h10H,1-9H2,(H2,12,16,17). The van der Waals surface area contributed by atoms with Gasteiger partial charge in [-0.2, -0.15) is 0 Å². The molecule has 2 aliphatic heterocycles. The Morgan fingerprint density at radius 3 is 2.58 bits per heavy atom. The third-order valence-corrected chi connectivity index (χ3v) is 4.49. The molecule has 1 atom stereocenters. The van der Waals surface area contributed by atoms with E-state index in [0.29, 0.717) is 19.5 Å². The molecule has 8 heteroatoms. The fourth-order valence-corrected chi connectivity index (χ4v) is 3.48. The lowest BCUT2D eigenvalue weighted by atomic mass is 10.1. The van der Waals surface area contributed by atoms with Gasteiger partial charge >= 0.3 is 0 Å². The molecule has 0 aromatic heterocycles. The van der Waals surface area contributed by atoms with Crippen LogP contribution in [0.4, 0.5) is 0 Å². The Labute approximate surface area is 113 Å². The van der Waals surface area contributed by atoms with Crippen LogP contribution in [0, 0.1) is 5.92 Å². The zero-order valence-corrected chi connectivity index (χ0v) is 11.8. The second kappa shape index (κ2) is 6.17. The predicted molar refractivity (Wildman–Crippen MR) is 69.9 cm³/mol. The molecular formula is C11H21N3O4S. The van der Waals surface area contributed by atoms with E-state index in [1.54, 1.807) is 4.90 Å². The summed E-state index contributed by atoms with van der Waals surface area (Å²) in [6.07, 6.45) is 0.291. The molecule has 2 fully saturated rings. The summed E-state index contributed by atoms with van der Waals surface area (Å²) < 4.78 is 27.3. The largest absolute Gasteiger partial charge is 0.379 e. The Kier molecular flexibility index (Phi) is 4.77. The van der Waals surface area contributed by atoms with Crippen molar-refractivity contribution in [1.29, 1.82) is 0 Å². The minimum Gasteiger partial charge on any atom is -0.379 e. The van der Waals surface area contributed by atoms with Gasteiger partial charge in [0.25, 0.3) is 0 Å². The lowest BCUT2D eigenvalue weighted by molar-refractivity contribution is -0.128. The Balaban J connectivity index is 1.76. The van der Waals surface area contributed by atoms with Crippen LogP contribution >= 0.6 is 0 Å². The Morgan fingerprint density at radius 1 is 1.26 bits per heavy atom. The van der Waals surface area contributed by atoms with Crippen molar-refractivity contribution in [3.05, 3.63) is 0 Å². The predicted octanol–water partition coefficient (Wildman–Crippen LogP) is -1.54. The number of nitrogens with two attached hydrogens (primary N) is 1. The van der Waals surface area contributed by atoms with E-state index in [4.69, 9.17) is 9.88 Å². The number of primary sulfonamides is 1. The summed E-state index contributed by atoms with van der Waals surface area (Å²) in [5.41, 5.74) is 0. The number of morpholine rings is 1. The first-order valence-electron chi connectivity index (χ1n) is 6.52. The minimum absolute atomic E-state index is 0.0295. The number of ether oxygens (including phenoxy) is 1. The molecule has 2 N–H and O–H groups in total. The van der Waals surface area contributed by atoms with Crippen LogP contribution in [0.5, 0.6) is 0 Å². The molecule has 19 heavy (non-hydrogen) atoms. The molecule has 7 nitrogen and oxygen atoms in total. The molecule has 1 amide bonds. The molecule has 2 heterocycles. The fourth-order valence-electron chi connectivity index (χ4n) is 2.60. The van der Waals surface area contributed by atoms with Crippen molar-refractivity contribution < 1.29 is 17.9 Å². The average Bonchev–Trinajstić information content (AvgIpc) is 2.66. The summed E-state index contributed by atoms with van der Waals surface area (Å²) >= 11 is 0. The normalized spacial score (nSPS) is 26.1. The fraction of sp³-hybridized carbons (Fsp3) is 0.909. The van der Waals surface area contributed by atoms with Crippen molar-refractivity contribution in [1.82, 2.24) is 9.80 Å². The lowest BCUT2D eigenvalue weighted by Gasteiger charge is -2.28. The van der Waals surface area contributed by atoms with Gasteiger partial charge in [-0.3, -0.25) is 9.69 Å². The van der Waals surface area contributed by atoms with Crippen LogP contribution in [0.2, 0.25) is 0 Å². The van der Waals surface area contributed by atoms with Gasteiger partial charge in [-0.1, -0.05) is 0 Å². The first-order valence-corrected chi connectivity index (χ1v) is 8.24. The van der Waals surface area contributed by atoms with E-state index in [1.165, 1.54) is 0 Å². The van der Waals surface area contributed by atoms with Crippen LogP contribution in [0.1, 0.15) is 6.42 Å². The van der Waals surface area contributed by atoms with Crippen molar-refractivity contribution in [2.75, 3.05) is 51.7 Å². The summed E-state index contributed by atoms with van der Waals surface area (Å²) in [4.78, 5) is 15.8. The van der Waals surface area contributed by atoms with Gasteiger partial charge in [0, 0.05) is 45.1 Å². The number of likely N-dealkylation sites (tertiary alicyclic amines) is 1. The first-order chi connectivity index (χ1) is 8.94. The summed E-state index contributed by atoms with van der Waals surface area (Å²) in [6, 6.07) is 0. The number of carbonyl (C=O) groups is 1. The van der Waals surface area contributed by atoms with Crippen LogP contribution in [0.25, 0.3) is 0 Å². The van der Waals surface area contributed by atoms with Gasteiger partial charge in [0.15, 0.2) is 0 Å². The van der Waals surface area contributed by atoms with Gasteiger partial charge in [0.2, 0.25) is 15.9 Å². The lowest BCUT2D eigenvalue weighted by Crippen LogP contribution is -2.42. The Bertz CT molecular complexity index is 420. The van der Waals surface area contributed by atoms with Crippen LogP contribution in [0.15, 0.2) is 0 Å². The molecule has 0 saturated carbocycles. The summed E-state index contributed by atoms with van der Waals surface area (Å²) in [5.74, 6) is -0.235. The van der Waals surface area contributed by atoms with Gasteiger partial charge < -0.3 is 9.64 Å². The van der Waals surface area contributed by atoms with E-state index in [2.05, 4.69) is 4.90 Å². The molecule has 2 saturated heterocycles. The van der Waals surface area contributed by atoms with E-state index < -0.39 is 10.0 Å². The Morgan fingerprint density at radius 2 is 1.95 bits per heavy atom. The first kappa shape index (κ1) is 14.7. The van der Waals surface area contributed by atoms with Crippen LogP contribution in [-0.4, -0.2) is 75.8 Å². The quantitative estimate of drug-likeness (QED) is 0.662. The number of rotatable bonds is 5. The molecule has 1 unspecified atom stereocenters. The van der Waals surface area contributed by atoms with Crippen LogP contribution in [-0.2, 0) is 19.6 Å². The van der Waals surface area contributed by atoms with Gasteiger partial charge in [-0.05, 0) is 0 Å². The summed E-state index contributed by atoms with van der Waals surface area (Å²) in [6.45, 7) is 5.23. The second-order valence-corrected chi connectivity index (χ2v) is 6.85. The number of amides is 1. The SMILES string of the molecule is NS(=O)(=O)CC1CC(=O)N(CCN2CCOCC2)C1. The summed E-state index contributed by atoms with van der Waals surface area (Å²) in [7, 11) is -3.50. The molecule has 110 valence electrons. The average molecular weight is 291 g/mol. The monoisotopic (exact) mass is 291 g/mol. The van der Waals surface area contributed by atoms with E-state index in [-0.39, 0.29) is 17.6 Å². The number of carbonyl (C=O) groups excluding carboxylic acids is 1. The molecule has 0 aromatic rings. The van der Waals surface area contributed by atoms with Gasteiger partial charge in [0.1, 0.15) is 0 Å². The van der Waals surface area contributed by atoms with Crippen molar-refractivity contribution >= 4 is 15.9 Å². The van der Waals surface area contributed by atoms with E-state index >= 15 is 0 Å². The molecule has 2 rings (SSSR count). The van der Waals surface area contributed by atoms with Crippen molar-refractivity contribution in [3.8, 4) is 0 Å². The molecule has 0 spiro atoms. The molecule has 0 radical (unpaired) electrons. The zero-order valence-electron chi connectivity index (χ0n) is 11.0. The highest BCUT2D eigenvalue weighted by atomic mass is 32.2. The highest BCUT2D eigenvalue weighted by molar-refractivity contribution is 7.89. The van der Waals surface area contributed by atoms with Crippen molar-refractivity contribution in [2.24, 2.45) is 11.1 Å². The number of hydrogen-bond acceptors (Lipinski definition) is 5. The van der Waals surface area contributed by atoms with Crippen molar-refractivity contribution in [2.45, 2.75) is 6.42 Å². The number of nitrogens with zero attached hydrogens (tertiary/aromatic N) is 2. The third-order valence-electron chi connectivity index (χ3n) is 3.55. The van der Waals surface area contributed by atoms with E-state index in [1.807, 2.05) is 0 Å². The highest BCUT2D eigenvalue weighted by Crippen LogP contribution is 2.18. The van der Waals surface area contributed by atoms with Gasteiger partial charge in [-0.25, -0.2) is 13.6 Å². The van der Waals surface area contributed by atoms with Gasteiger partial charge in [-0.15, -0.1) is 0 Å². The molecule has 0 aliphatic carbocycles. The maximum absolute atomic E-state index is 11.8. The van der Waals surface area contributed by atoms with E-state index in [9.17, 15) is 13.2 Å². The third kappa shape index (κ3) is 4.72. The number of sulfonamides is 1. The second-order valence-electron chi connectivity index (χ2n) is 5.19. The topological polar surface area (TPSA) is 92.9 Å². The highest BCUT2D eigenvalue weighted by Gasteiger charge is 2.31. The molecular weight excluding hydrogens is 270 g/mol. The minimum atomic E-state index is -3.50. The van der Waals surface area contributed by atoms with Crippen LogP contribution < -0.4 is 5.14 Å². The van der Waals surface area contributed by atoms with Crippen LogP contribution in [0.3, 0.4) is 0 Å².